The predicted octanol–water partition coefficient (Wildman–Crippen LogP) is 1.84. The van der Waals surface area contributed by atoms with Crippen molar-refractivity contribution in [1.29, 1.82) is 0 Å². The Hall–Kier alpha value is -2.82. The van der Waals surface area contributed by atoms with Crippen LogP contribution in [0.25, 0.3) is 12.2 Å². The fourth-order valence-electron chi connectivity index (χ4n) is 3.07. The Labute approximate surface area is 202 Å². The lowest BCUT2D eigenvalue weighted by molar-refractivity contribution is -0.119. The third kappa shape index (κ3) is 7.09. The van der Waals surface area contributed by atoms with E-state index in [2.05, 4.69) is 14.8 Å². The summed E-state index contributed by atoms with van der Waals surface area (Å²) in [6.45, 7) is -0.284. The van der Waals surface area contributed by atoms with Crippen LogP contribution in [0.15, 0.2) is 46.2 Å². The number of hydrogen-bond acceptors (Lipinski definition) is 8. The highest BCUT2D eigenvalue weighted by Gasteiger charge is 2.35. The van der Waals surface area contributed by atoms with Gasteiger partial charge in [0.25, 0.3) is 20.2 Å². The highest BCUT2D eigenvalue weighted by Crippen LogP contribution is 2.31. The van der Waals surface area contributed by atoms with Gasteiger partial charge in [0.05, 0.1) is 5.25 Å². The summed E-state index contributed by atoms with van der Waals surface area (Å²) in [5.41, 5.74) is -0.156. The molecule has 2 aromatic rings. The second-order valence-electron chi connectivity index (χ2n) is 7.62. The number of methoxy groups -OCH3 is 1. The molecule has 1 amide bonds. The molecule has 0 spiro atoms. The Balaban J connectivity index is 1.98. The summed E-state index contributed by atoms with van der Waals surface area (Å²) in [7, 11) is -11.9. The average molecular weight is 547 g/mol. The van der Waals surface area contributed by atoms with Crippen molar-refractivity contribution in [3.05, 3.63) is 47.5 Å². The van der Waals surface area contributed by atoms with Gasteiger partial charge in [-0.1, -0.05) is 24.3 Å². The lowest BCUT2D eigenvalue weighted by Gasteiger charge is -2.11. The fourth-order valence-corrected chi connectivity index (χ4v) is 5.86. The average Bonchev–Trinajstić information content (AvgIpc) is 3.58. The van der Waals surface area contributed by atoms with Crippen LogP contribution < -0.4 is 10.0 Å². The number of carbonyl (C=O) groups is 1. The molecule has 0 heterocycles. The maximum atomic E-state index is 12.1. The molecule has 2 aromatic carbocycles. The first-order chi connectivity index (χ1) is 16.2. The largest absolute Gasteiger partial charge is 0.375 e. The van der Waals surface area contributed by atoms with E-state index in [1.165, 1.54) is 37.5 Å². The van der Waals surface area contributed by atoms with E-state index in [-0.39, 0.29) is 29.1 Å². The van der Waals surface area contributed by atoms with Crippen molar-refractivity contribution >= 4 is 59.7 Å². The molecule has 4 N–H and O–H groups in total. The minimum absolute atomic E-state index is 0.0581. The van der Waals surface area contributed by atoms with Gasteiger partial charge in [0.15, 0.2) is 0 Å². The Morgan fingerprint density at radius 2 is 1.40 bits per heavy atom. The summed E-state index contributed by atoms with van der Waals surface area (Å²) in [5.74, 6) is -0.563. The van der Waals surface area contributed by atoms with E-state index in [4.69, 9.17) is 0 Å². The van der Waals surface area contributed by atoms with Crippen LogP contribution in [0, 0.1) is 0 Å². The normalized spacial score (nSPS) is 14.7. The van der Waals surface area contributed by atoms with Gasteiger partial charge in [-0.15, -0.1) is 0 Å². The Kier molecular flexibility index (Phi) is 7.68. The van der Waals surface area contributed by atoms with Crippen LogP contribution in [0.5, 0.6) is 0 Å². The standard InChI is InChI=1S/C20H22N2O10S3/c1-32-12-20(23)21-15-6-4-13(18(10-15)34(26,27)28)2-3-14-5-7-16(11-19(14)35(29,30)31)22-33(24,25)17-8-9-17/h2-7,10-11,17,22H,8-9,12H2,1H3,(H,21,23)(H,26,27,28)(H,29,30,31)/b3-2+. The van der Waals surface area contributed by atoms with Crippen LogP contribution in [0.4, 0.5) is 11.4 Å². The molecule has 0 aliphatic heterocycles. The molecule has 0 saturated heterocycles. The number of sulfonamides is 1. The molecule has 12 nitrogen and oxygen atoms in total. The molecule has 0 bridgehead atoms. The lowest BCUT2D eigenvalue weighted by atomic mass is 10.1. The van der Waals surface area contributed by atoms with E-state index in [1.807, 2.05) is 0 Å². The van der Waals surface area contributed by atoms with Gasteiger partial charge in [0, 0.05) is 18.5 Å². The molecule has 35 heavy (non-hydrogen) atoms. The van der Waals surface area contributed by atoms with Crippen LogP contribution in [0.2, 0.25) is 0 Å². The molecule has 0 radical (unpaired) electrons. The van der Waals surface area contributed by atoms with Crippen molar-refractivity contribution in [2.24, 2.45) is 0 Å². The summed E-state index contributed by atoms with van der Waals surface area (Å²) in [6.07, 6.45) is 3.32. The third-order valence-corrected chi connectivity index (χ3v) is 8.50. The Bertz CT molecular complexity index is 1490. The first-order valence-electron chi connectivity index (χ1n) is 9.92. The molecule has 3 rings (SSSR count). The van der Waals surface area contributed by atoms with Gasteiger partial charge in [-0.2, -0.15) is 16.8 Å². The summed E-state index contributed by atoms with van der Waals surface area (Å²) in [5, 5.41) is 1.83. The van der Waals surface area contributed by atoms with Crippen molar-refractivity contribution in [2.45, 2.75) is 27.9 Å². The fraction of sp³-hybridized carbons (Fsp3) is 0.250. The van der Waals surface area contributed by atoms with Crippen LogP contribution >= 0.6 is 0 Å². The quantitative estimate of drug-likeness (QED) is 0.252. The zero-order chi connectivity index (χ0) is 26.0. The van der Waals surface area contributed by atoms with Crippen LogP contribution in [-0.4, -0.2) is 59.2 Å². The highest BCUT2D eigenvalue weighted by molar-refractivity contribution is 7.93. The SMILES string of the molecule is COCC(=O)Nc1ccc(/C=C/c2ccc(NS(=O)(=O)C3CC3)cc2S(=O)(=O)O)c(S(=O)(=O)O)c1. The second kappa shape index (κ2) is 10.0. The van der Waals surface area contributed by atoms with E-state index < -0.39 is 51.2 Å². The van der Waals surface area contributed by atoms with E-state index in [9.17, 15) is 39.2 Å². The van der Waals surface area contributed by atoms with Gasteiger partial charge in [-0.25, -0.2) is 8.42 Å². The summed E-state index contributed by atoms with van der Waals surface area (Å²) >= 11 is 0. The molecule has 1 saturated carbocycles. The number of rotatable bonds is 10. The van der Waals surface area contributed by atoms with E-state index in [0.29, 0.717) is 12.8 Å². The Morgan fingerprint density at radius 3 is 1.86 bits per heavy atom. The van der Waals surface area contributed by atoms with Crippen LogP contribution in [0.3, 0.4) is 0 Å². The Morgan fingerprint density at radius 1 is 0.914 bits per heavy atom. The smallest absolute Gasteiger partial charge is 0.295 e. The summed E-state index contributed by atoms with van der Waals surface area (Å²) < 4.78 is 98.0. The molecule has 1 aliphatic carbocycles. The van der Waals surface area contributed by atoms with Crippen molar-refractivity contribution in [2.75, 3.05) is 23.8 Å². The number of anilines is 2. The third-order valence-electron chi connectivity index (χ3n) is 4.81. The number of amides is 1. The maximum absolute atomic E-state index is 12.1. The minimum atomic E-state index is -4.80. The molecule has 190 valence electrons. The lowest BCUT2D eigenvalue weighted by Crippen LogP contribution is -2.17. The highest BCUT2D eigenvalue weighted by atomic mass is 32.2. The van der Waals surface area contributed by atoms with Crippen molar-refractivity contribution in [3.63, 3.8) is 0 Å². The van der Waals surface area contributed by atoms with Gasteiger partial charge in [0.2, 0.25) is 15.9 Å². The van der Waals surface area contributed by atoms with E-state index in [1.54, 1.807) is 0 Å². The summed E-state index contributed by atoms with van der Waals surface area (Å²) in [4.78, 5) is 10.5. The van der Waals surface area contributed by atoms with Gasteiger partial charge < -0.3 is 10.1 Å². The van der Waals surface area contributed by atoms with E-state index in [0.717, 1.165) is 18.2 Å². The van der Waals surface area contributed by atoms with Gasteiger partial charge in [-0.3, -0.25) is 18.6 Å². The molecule has 15 heteroatoms. The first-order valence-corrected chi connectivity index (χ1v) is 14.3. The number of carbonyl (C=O) groups excluding carboxylic acids is 1. The molecule has 0 unspecified atom stereocenters. The molecule has 1 aliphatic rings. The van der Waals surface area contributed by atoms with E-state index >= 15 is 0 Å². The van der Waals surface area contributed by atoms with Crippen molar-refractivity contribution in [3.8, 4) is 0 Å². The predicted molar refractivity (Wildman–Crippen MR) is 128 cm³/mol. The van der Waals surface area contributed by atoms with Crippen molar-refractivity contribution in [1.82, 2.24) is 0 Å². The monoisotopic (exact) mass is 546 g/mol. The number of hydrogen-bond donors (Lipinski definition) is 4. The van der Waals surface area contributed by atoms with Crippen molar-refractivity contribution < 1.29 is 43.9 Å². The first kappa shape index (κ1) is 26.8. The molecular weight excluding hydrogens is 524 g/mol. The molecule has 0 aromatic heterocycles. The topological polar surface area (TPSA) is 193 Å². The zero-order valence-corrected chi connectivity index (χ0v) is 20.7. The van der Waals surface area contributed by atoms with Crippen LogP contribution in [0.1, 0.15) is 24.0 Å². The molecular formula is C20H22N2O10S3. The van der Waals surface area contributed by atoms with Gasteiger partial charge in [0.1, 0.15) is 16.4 Å². The van der Waals surface area contributed by atoms with Gasteiger partial charge in [-0.05, 0) is 48.2 Å². The second-order valence-corrected chi connectivity index (χ2v) is 12.4. The molecule has 0 atom stereocenters. The maximum Gasteiger partial charge on any atom is 0.295 e. The van der Waals surface area contributed by atoms with Gasteiger partial charge >= 0.3 is 0 Å². The number of ether oxygens (including phenoxy) is 1. The number of nitrogens with one attached hydrogen (secondary N) is 2. The minimum Gasteiger partial charge on any atom is -0.375 e. The number of benzene rings is 2. The van der Waals surface area contributed by atoms with Crippen LogP contribution in [-0.2, 0) is 39.8 Å². The summed E-state index contributed by atoms with van der Waals surface area (Å²) in [6, 6.07) is 7.05. The zero-order valence-electron chi connectivity index (χ0n) is 18.2. The molecule has 1 fully saturated rings.